The van der Waals surface area contributed by atoms with Crippen LogP contribution in [0.3, 0.4) is 0 Å². The quantitative estimate of drug-likeness (QED) is 0.296. The number of rotatable bonds is 13. The summed E-state index contributed by atoms with van der Waals surface area (Å²) < 4.78 is 5.65. The average Bonchev–Trinajstić information content (AvgIpc) is 2.66. The molecular formula is C20H43N5O3. The molecule has 0 amide bonds. The van der Waals surface area contributed by atoms with Gasteiger partial charge in [-0.05, 0) is 46.4 Å². The molecule has 0 saturated carbocycles. The van der Waals surface area contributed by atoms with E-state index in [2.05, 4.69) is 27.9 Å². The van der Waals surface area contributed by atoms with E-state index in [1.165, 1.54) is 0 Å². The molecule has 1 aliphatic rings. The zero-order chi connectivity index (χ0) is 21.6. The number of hydrogen-bond donors (Lipinski definition) is 5. The molecule has 6 N–H and O–H groups in total. The lowest BCUT2D eigenvalue weighted by atomic mass is 10.1. The van der Waals surface area contributed by atoms with E-state index in [9.17, 15) is 4.79 Å². The maximum absolute atomic E-state index is 10.0. The number of carbonyl (C=O) groups is 1. The van der Waals surface area contributed by atoms with Crippen molar-refractivity contribution in [3.05, 3.63) is 11.8 Å². The first-order valence-corrected chi connectivity index (χ1v) is 10.3. The number of carboxylic acids is 1. The molecule has 0 aromatic rings. The van der Waals surface area contributed by atoms with Crippen molar-refractivity contribution in [3.63, 3.8) is 0 Å². The molecule has 1 aliphatic heterocycles. The van der Waals surface area contributed by atoms with Crippen molar-refractivity contribution in [1.82, 2.24) is 16.0 Å². The molecule has 8 nitrogen and oxygen atoms in total. The molecule has 1 rings (SSSR count). The third kappa shape index (κ3) is 20.8. The monoisotopic (exact) mass is 401 g/mol. The van der Waals surface area contributed by atoms with E-state index in [1.54, 1.807) is 0 Å². The van der Waals surface area contributed by atoms with Crippen molar-refractivity contribution in [2.45, 2.75) is 53.0 Å². The van der Waals surface area contributed by atoms with Gasteiger partial charge in [-0.25, -0.2) is 0 Å². The topological polar surface area (TPSA) is 121 Å². The Hall–Kier alpha value is -1.48. The van der Waals surface area contributed by atoms with E-state index >= 15 is 0 Å². The number of nitrogens with zero attached hydrogens (tertiary/aromatic N) is 1. The Bertz CT molecular complexity index is 428. The van der Waals surface area contributed by atoms with Gasteiger partial charge in [0.1, 0.15) is 0 Å². The van der Waals surface area contributed by atoms with Gasteiger partial charge in [0, 0.05) is 38.3 Å². The highest BCUT2D eigenvalue weighted by Gasteiger charge is 2.11. The second kappa shape index (κ2) is 21.8. The second-order valence-electron chi connectivity index (χ2n) is 6.20. The molecule has 28 heavy (non-hydrogen) atoms. The van der Waals surface area contributed by atoms with Gasteiger partial charge in [-0.15, -0.1) is 0 Å². The van der Waals surface area contributed by atoms with Crippen LogP contribution in [0.1, 0.15) is 47.0 Å². The maximum atomic E-state index is 10.0. The van der Waals surface area contributed by atoms with Gasteiger partial charge in [0.05, 0.1) is 25.0 Å². The summed E-state index contributed by atoms with van der Waals surface area (Å²) in [7, 11) is 1.89. The van der Waals surface area contributed by atoms with Crippen LogP contribution in [0.25, 0.3) is 0 Å². The van der Waals surface area contributed by atoms with Crippen LogP contribution in [-0.4, -0.2) is 75.8 Å². The van der Waals surface area contributed by atoms with Crippen molar-refractivity contribution in [3.8, 4) is 0 Å². The molecule has 1 heterocycles. The zero-order valence-corrected chi connectivity index (χ0v) is 18.5. The Balaban J connectivity index is 0. The molecule has 0 aliphatic carbocycles. The highest BCUT2D eigenvalue weighted by atomic mass is 16.5. The number of unbranched alkanes of at least 4 members (excludes halogenated alkanes) is 1. The maximum Gasteiger partial charge on any atom is 0.317 e. The van der Waals surface area contributed by atoms with Crippen LogP contribution in [0, 0.1) is 0 Å². The predicted molar refractivity (Wildman–Crippen MR) is 118 cm³/mol. The lowest BCUT2D eigenvalue weighted by molar-refractivity contribution is -0.135. The molecule has 0 fully saturated rings. The van der Waals surface area contributed by atoms with E-state index < -0.39 is 5.97 Å². The largest absolute Gasteiger partial charge is 0.498 e. The van der Waals surface area contributed by atoms with Crippen molar-refractivity contribution < 1.29 is 14.6 Å². The van der Waals surface area contributed by atoms with E-state index in [1.807, 2.05) is 33.9 Å². The van der Waals surface area contributed by atoms with Crippen LogP contribution < -0.4 is 21.7 Å². The summed E-state index contributed by atoms with van der Waals surface area (Å²) in [5.74, 6) is 0.257. The van der Waals surface area contributed by atoms with Crippen LogP contribution in [0.2, 0.25) is 0 Å². The highest BCUT2D eigenvalue weighted by molar-refractivity contribution is 5.93. The van der Waals surface area contributed by atoms with Crippen molar-refractivity contribution in [1.29, 1.82) is 0 Å². The van der Waals surface area contributed by atoms with Gasteiger partial charge in [-0.2, -0.15) is 0 Å². The molecule has 0 aromatic heterocycles. The minimum atomic E-state index is -0.815. The summed E-state index contributed by atoms with van der Waals surface area (Å²) in [6.45, 7) is 13.0. The Morgan fingerprint density at radius 3 is 2.46 bits per heavy atom. The van der Waals surface area contributed by atoms with Gasteiger partial charge in [0.2, 0.25) is 0 Å². The molecular weight excluding hydrogens is 358 g/mol. The summed E-state index contributed by atoms with van der Waals surface area (Å²) >= 11 is 0. The van der Waals surface area contributed by atoms with Gasteiger partial charge < -0.3 is 31.5 Å². The van der Waals surface area contributed by atoms with Crippen LogP contribution in [0.4, 0.5) is 0 Å². The Morgan fingerprint density at radius 1 is 1.25 bits per heavy atom. The summed E-state index contributed by atoms with van der Waals surface area (Å²) in [5.41, 5.74) is 6.47. The fraction of sp³-hybridized carbons (Fsp3) is 0.800. The molecule has 0 spiro atoms. The van der Waals surface area contributed by atoms with E-state index in [4.69, 9.17) is 15.6 Å². The lowest BCUT2D eigenvalue weighted by Crippen LogP contribution is -2.33. The Morgan fingerprint density at radius 2 is 1.89 bits per heavy atom. The third-order valence-corrected chi connectivity index (χ3v) is 3.48. The molecule has 1 unspecified atom stereocenters. The van der Waals surface area contributed by atoms with Crippen LogP contribution in [-0.2, 0) is 9.53 Å². The van der Waals surface area contributed by atoms with Crippen molar-refractivity contribution >= 4 is 11.7 Å². The summed E-state index contributed by atoms with van der Waals surface area (Å²) in [5, 5.41) is 17.2. The first-order chi connectivity index (χ1) is 13.5. The number of likely N-dealkylation sites (N-methyl/N-ethyl adjacent to an activating group) is 1. The molecule has 1 atom stereocenters. The fourth-order valence-corrected chi connectivity index (χ4v) is 2.27. The summed E-state index contributed by atoms with van der Waals surface area (Å²) in [6, 6.07) is 0.365. The number of nitrogens with one attached hydrogen (secondary N) is 3. The van der Waals surface area contributed by atoms with Gasteiger partial charge in [0.15, 0.2) is 0 Å². The minimum absolute atomic E-state index is 0.0354. The summed E-state index contributed by atoms with van der Waals surface area (Å²) in [4.78, 5) is 14.5. The number of aliphatic carboxylic acids is 1. The molecule has 166 valence electrons. The second-order valence-corrected chi connectivity index (χ2v) is 6.20. The number of aliphatic imine (C=N–C) groups is 1. The average molecular weight is 402 g/mol. The minimum Gasteiger partial charge on any atom is -0.498 e. The normalized spacial score (nSPS) is 15.3. The van der Waals surface area contributed by atoms with Gasteiger partial charge in [-0.1, -0.05) is 13.8 Å². The number of ether oxygens (including phenoxy) is 1. The lowest BCUT2D eigenvalue weighted by Gasteiger charge is -2.17. The SMILES string of the molecule is CC.CC1=NC(C)CC(OCCCCN)=C1.CNCCNCCNCC(=O)O. The fourth-order valence-electron chi connectivity index (χ4n) is 2.27. The van der Waals surface area contributed by atoms with Gasteiger partial charge >= 0.3 is 5.97 Å². The van der Waals surface area contributed by atoms with Crippen LogP contribution in [0.15, 0.2) is 16.8 Å². The third-order valence-electron chi connectivity index (χ3n) is 3.48. The van der Waals surface area contributed by atoms with Crippen molar-refractivity contribution in [2.24, 2.45) is 10.7 Å². The number of hydrogen-bond acceptors (Lipinski definition) is 7. The molecule has 8 heteroatoms. The predicted octanol–water partition coefficient (Wildman–Crippen LogP) is 1.37. The van der Waals surface area contributed by atoms with E-state index in [-0.39, 0.29) is 6.54 Å². The molecule has 0 radical (unpaired) electrons. The molecule has 0 aromatic carbocycles. The van der Waals surface area contributed by atoms with Gasteiger partial charge in [0.25, 0.3) is 0 Å². The van der Waals surface area contributed by atoms with Crippen LogP contribution >= 0.6 is 0 Å². The first-order valence-electron chi connectivity index (χ1n) is 10.3. The molecule has 0 saturated heterocycles. The zero-order valence-electron chi connectivity index (χ0n) is 18.5. The highest BCUT2D eigenvalue weighted by Crippen LogP contribution is 2.15. The van der Waals surface area contributed by atoms with E-state index in [0.717, 1.165) is 63.5 Å². The van der Waals surface area contributed by atoms with Gasteiger partial charge in [-0.3, -0.25) is 9.79 Å². The smallest absolute Gasteiger partial charge is 0.317 e. The van der Waals surface area contributed by atoms with Crippen LogP contribution in [0.5, 0.6) is 0 Å². The van der Waals surface area contributed by atoms with Crippen molar-refractivity contribution in [2.75, 3.05) is 52.9 Å². The van der Waals surface area contributed by atoms with E-state index in [0.29, 0.717) is 12.6 Å². The standard InChI is InChI=1S/C11H20N2O.C7H17N3O2.C2H6/c1-9-7-11(8-10(2)13-9)14-6-4-3-5-12;1-8-2-3-9-4-5-10-6-7(11)12;1-2/h7,10H,3-6,8,12H2,1-2H3;8-10H,2-6H2,1H3,(H,11,12);1-2H3. The number of carboxylic acid groups (broad SMARTS) is 1. The molecule has 0 bridgehead atoms. The summed E-state index contributed by atoms with van der Waals surface area (Å²) in [6.07, 6.45) is 5.04. The number of allylic oxidation sites excluding steroid dienone is 1. The Labute approximate surface area is 171 Å². The first kappa shape index (κ1) is 28.7. The Kier molecular flexibility index (Phi) is 22.4. The number of dihydropyridines is 1. The number of nitrogens with two attached hydrogens (primary N) is 1.